The van der Waals surface area contributed by atoms with E-state index in [9.17, 15) is 4.79 Å². The van der Waals surface area contributed by atoms with Crippen molar-refractivity contribution in [1.82, 2.24) is 5.32 Å². The number of benzene rings is 2. The Morgan fingerprint density at radius 3 is 2.54 bits per heavy atom. The van der Waals surface area contributed by atoms with Crippen molar-refractivity contribution in [2.24, 2.45) is 5.92 Å². The van der Waals surface area contributed by atoms with Crippen LogP contribution in [0.3, 0.4) is 0 Å². The molecule has 124 valence electrons. The lowest BCUT2D eigenvalue weighted by Crippen LogP contribution is -2.29. The fourth-order valence-electron chi connectivity index (χ4n) is 2.82. The molecule has 1 aliphatic carbocycles. The lowest BCUT2D eigenvalue weighted by Gasteiger charge is -2.18. The molecule has 1 N–H and O–H groups in total. The predicted octanol–water partition coefficient (Wildman–Crippen LogP) is 4.35. The first-order valence-electron chi connectivity index (χ1n) is 8.51. The van der Waals surface area contributed by atoms with Crippen LogP contribution in [-0.2, 0) is 6.61 Å². The molecule has 0 aromatic heterocycles. The minimum atomic E-state index is 0.0000748. The quantitative estimate of drug-likeness (QED) is 0.803. The van der Waals surface area contributed by atoms with Crippen LogP contribution in [0.5, 0.6) is 5.75 Å². The van der Waals surface area contributed by atoms with Gasteiger partial charge in [-0.25, -0.2) is 0 Å². The van der Waals surface area contributed by atoms with Crippen LogP contribution in [0.15, 0.2) is 66.7 Å². The van der Waals surface area contributed by atoms with Crippen LogP contribution in [0.1, 0.15) is 35.2 Å². The molecule has 24 heavy (non-hydrogen) atoms. The topological polar surface area (TPSA) is 38.3 Å². The molecule has 3 rings (SSSR count). The normalized spacial score (nSPS) is 16.6. The van der Waals surface area contributed by atoms with Crippen LogP contribution in [-0.4, -0.2) is 12.5 Å². The number of carbonyl (C=O) groups is 1. The summed E-state index contributed by atoms with van der Waals surface area (Å²) in [7, 11) is 0. The molecular formula is C21H23NO2. The fourth-order valence-corrected chi connectivity index (χ4v) is 2.82. The van der Waals surface area contributed by atoms with Gasteiger partial charge in [-0.1, -0.05) is 42.5 Å². The first-order chi connectivity index (χ1) is 11.8. The second-order valence-corrected chi connectivity index (χ2v) is 6.16. The molecule has 0 saturated heterocycles. The van der Waals surface area contributed by atoms with Crippen molar-refractivity contribution in [3.05, 3.63) is 77.9 Å². The van der Waals surface area contributed by atoms with E-state index in [2.05, 4.69) is 17.5 Å². The zero-order valence-electron chi connectivity index (χ0n) is 13.8. The maximum absolute atomic E-state index is 12.2. The van der Waals surface area contributed by atoms with E-state index in [-0.39, 0.29) is 5.91 Å². The number of nitrogens with one attached hydrogen (secondary N) is 1. The van der Waals surface area contributed by atoms with Gasteiger partial charge in [-0.15, -0.1) is 0 Å². The van der Waals surface area contributed by atoms with Crippen LogP contribution < -0.4 is 10.1 Å². The summed E-state index contributed by atoms with van der Waals surface area (Å²) in [5, 5.41) is 3.04. The molecule has 2 aromatic rings. The van der Waals surface area contributed by atoms with Gasteiger partial charge in [0.15, 0.2) is 0 Å². The van der Waals surface area contributed by atoms with Crippen molar-refractivity contribution in [2.45, 2.75) is 25.9 Å². The van der Waals surface area contributed by atoms with Gasteiger partial charge in [-0.05, 0) is 55.0 Å². The van der Waals surface area contributed by atoms with Crippen LogP contribution in [0.4, 0.5) is 0 Å². The summed E-state index contributed by atoms with van der Waals surface area (Å²) in [5.74, 6) is 1.42. The number of para-hydroxylation sites is 1. The third-order valence-corrected chi connectivity index (χ3v) is 4.29. The van der Waals surface area contributed by atoms with E-state index >= 15 is 0 Å². The summed E-state index contributed by atoms with van der Waals surface area (Å²) in [4.78, 5) is 12.2. The first kappa shape index (κ1) is 16.3. The van der Waals surface area contributed by atoms with Crippen LogP contribution in [0.25, 0.3) is 0 Å². The Kier molecular flexibility index (Phi) is 5.67. The number of ether oxygens (including phenoxy) is 1. The lowest BCUT2D eigenvalue weighted by molar-refractivity contribution is 0.0946. The van der Waals surface area contributed by atoms with Gasteiger partial charge in [-0.2, -0.15) is 0 Å². The van der Waals surface area contributed by atoms with Crippen molar-refractivity contribution in [1.29, 1.82) is 0 Å². The van der Waals surface area contributed by atoms with Crippen molar-refractivity contribution in [2.75, 3.05) is 6.54 Å². The summed E-state index contributed by atoms with van der Waals surface area (Å²) in [6.45, 7) is 1.25. The van der Waals surface area contributed by atoms with Gasteiger partial charge in [0.2, 0.25) is 0 Å². The molecular weight excluding hydrogens is 298 g/mol. The Morgan fingerprint density at radius 2 is 1.83 bits per heavy atom. The molecule has 0 saturated carbocycles. The highest BCUT2D eigenvalue weighted by Crippen LogP contribution is 2.17. The highest BCUT2D eigenvalue weighted by atomic mass is 16.5. The van der Waals surface area contributed by atoms with Gasteiger partial charge in [0.05, 0.1) is 0 Å². The predicted molar refractivity (Wildman–Crippen MR) is 96.0 cm³/mol. The largest absolute Gasteiger partial charge is 0.489 e. The number of rotatable bonds is 6. The summed E-state index contributed by atoms with van der Waals surface area (Å²) in [5.41, 5.74) is 1.75. The molecule has 3 nitrogen and oxygen atoms in total. The van der Waals surface area contributed by atoms with E-state index in [4.69, 9.17) is 4.74 Å². The van der Waals surface area contributed by atoms with E-state index in [0.717, 1.165) is 37.1 Å². The molecule has 3 heteroatoms. The molecule has 0 fully saturated rings. The SMILES string of the molecule is O=C(NCC1CC=CCC1)c1ccc(COc2ccccc2)cc1. The molecule has 1 aliphatic rings. The lowest BCUT2D eigenvalue weighted by atomic mass is 9.94. The van der Waals surface area contributed by atoms with Crippen LogP contribution in [0, 0.1) is 5.92 Å². The first-order valence-corrected chi connectivity index (χ1v) is 8.51. The third-order valence-electron chi connectivity index (χ3n) is 4.29. The smallest absolute Gasteiger partial charge is 0.251 e. The van der Waals surface area contributed by atoms with Crippen LogP contribution >= 0.6 is 0 Å². The number of hydrogen-bond donors (Lipinski definition) is 1. The van der Waals surface area contributed by atoms with E-state index < -0.39 is 0 Å². The Hall–Kier alpha value is -2.55. The van der Waals surface area contributed by atoms with Crippen molar-refractivity contribution >= 4 is 5.91 Å². The van der Waals surface area contributed by atoms with Gasteiger partial charge >= 0.3 is 0 Å². The Labute approximate surface area is 143 Å². The summed E-state index contributed by atoms with van der Waals surface area (Å²) >= 11 is 0. The second-order valence-electron chi connectivity index (χ2n) is 6.16. The van der Waals surface area contributed by atoms with Gasteiger partial charge in [0.25, 0.3) is 5.91 Å². The van der Waals surface area contributed by atoms with Crippen molar-refractivity contribution in [3.63, 3.8) is 0 Å². The van der Waals surface area contributed by atoms with Gasteiger partial charge in [-0.3, -0.25) is 4.79 Å². The maximum Gasteiger partial charge on any atom is 0.251 e. The zero-order chi connectivity index (χ0) is 16.6. The summed E-state index contributed by atoms with van der Waals surface area (Å²) in [6.07, 6.45) is 7.77. The Bertz CT molecular complexity index is 677. The van der Waals surface area contributed by atoms with E-state index in [1.54, 1.807) is 0 Å². The van der Waals surface area contributed by atoms with Crippen molar-refractivity contribution < 1.29 is 9.53 Å². The number of allylic oxidation sites excluding steroid dienone is 2. The third kappa shape index (κ3) is 4.72. The van der Waals surface area contributed by atoms with E-state index in [1.807, 2.05) is 54.6 Å². The average Bonchev–Trinajstić information content (AvgIpc) is 2.66. The van der Waals surface area contributed by atoms with Gasteiger partial charge in [0, 0.05) is 12.1 Å². The molecule has 1 unspecified atom stereocenters. The molecule has 0 spiro atoms. The molecule has 0 bridgehead atoms. The second kappa shape index (κ2) is 8.34. The molecule has 0 radical (unpaired) electrons. The highest BCUT2D eigenvalue weighted by molar-refractivity contribution is 5.94. The molecule has 2 aromatic carbocycles. The van der Waals surface area contributed by atoms with E-state index in [0.29, 0.717) is 18.1 Å². The standard InChI is InChI=1S/C21H23NO2/c23-21(22-15-17-7-3-1-4-8-17)19-13-11-18(12-14-19)16-24-20-9-5-2-6-10-20/h1-3,5-6,9-14,17H,4,7-8,15-16H2,(H,22,23). The molecule has 1 atom stereocenters. The fraction of sp³-hybridized carbons (Fsp3) is 0.286. The summed E-state index contributed by atoms with van der Waals surface area (Å²) < 4.78 is 5.71. The number of hydrogen-bond acceptors (Lipinski definition) is 2. The Morgan fingerprint density at radius 1 is 1.04 bits per heavy atom. The summed E-state index contributed by atoms with van der Waals surface area (Å²) in [6, 6.07) is 17.3. The minimum Gasteiger partial charge on any atom is -0.489 e. The zero-order valence-corrected chi connectivity index (χ0v) is 13.8. The number of amides is 1. The van der Waals surface area contributed by atoms with Gasteiger partial charge in [0.1, 0.15) is 12.4 Å². The molecule has 0 heterocycles. The van der Waals surface area contributed by atoms with Gasteiger partial charge < -0.3 is 10.1 Å². The van der Waals surface area contributed by atoms with E-state index in [1.165, 1.54) is 0 Å². The highest BCUT2D eigenvalue weighted by Gasteiger charge is 2.12. The monoisotopic (exact) mass is 321 g/mol. The minimum absolute atomic E-state index is 0.0000748. The molecule has 0 aliphatic heterocycles. The van der Waals surface area contributed by atoms with Crippen molar-refractivity contribution in [3.8, 4) is 5.75 Å². The maximum atomic E-state index is 12.2. The molecule has 1 amide bonds. The average molecular weight is 321 g/mol. The van der Waals surface area contributed by atoms with Crippen LogP contribution in [0.2, 0.25) is 0 Å². The number of carbonyl (C=O) groups excluding carboxylic acids is 1. The Balaban J connectivity index is 1.48.